The second-order valence-electron chi connectivity index (χ2n) is 5.48. The van der Waals surface area contributed by atoms with Gasteiger partial charge in [-0.05, 0) is 25.0 Å². The SMILES string of the molecule is O=C(Nc1nnc(SCc2cn3ccccc3n2)s1)C1CCC1. The first-order valence-electron chi connectivity index (χ1n) is 7.48. The number of thioether (sulfide) groups is 1. The fourth-order valence-electron chi connectivity index (χ4n) is 2.39. The van der Waals surface area contributed by atoms with Gasteiger partial charge >= 0.3 is 0 Å². The van der Waals surface area contributed by atoms with Crippen LogP contribution in [0.3, 0.4) is 0 Å². The van der Waals surface area contributed by atoms with E-state index in [1.54, 1.807) is 11.8 Å². The van der Waals surface area contributed by atoms with Crippen molar-refractivity contribution in [3.63, 3.8) is 0 Å². The van der Waals surface area contributed by atoms with Gasteiger partial charge in [-0.15, -0.1) is 10.2 Å². The van der Waals surface area contributed by atoms with Crippen LogP contribution < -0.4 is 5.32 Å². The van der Waals surface area contributed by atoms with Crippen molar-refractivity contribution >= 4 is 39.8 Å². The monoisotopic (exact) mass is 345 g/mol. The highest BCUT2D eigenvalue weighted by Gasteiger charge is 2.25. The molecule has 6 nitrogen and oxygen atoms in total. The second-order valence-corrected chi connectivity index (χ2v) is 7.68. The summed E-state index contributed by atoms with van der Waals surface area (Å²) in [6.45, 7) is 0. The van der Waals surface area contributed by atoms with Gasteiger partial charge in [-0.1, -0.05) is 35.6 Å². The van der Waals surface area contributed by atoms with Gasteiger partial charge in [0.2, 0.25) is 11.0 Å². The third-order valence-corrected chi connectivity index (χ3v) is 5.88. The summed E-state index contributed by atoms with van der Waals surface area (Å²) in [5.74, 6) is 0.963. The molecule has 0 bridgehead atoms. The number of hydrogen-bond acceptors (Lipinski definition) is 6. The lowest BCUT2D eigenvalue weighted by Gasteiger charge is -2.23. The Morgan fingerprint density at radius 2 is 2.30 bits per heavy atom. The number of fused-ring (bicyclic) bond motifs is 1. The van der Waals surface area contributed by atoms with Crippen LogP contribution in [0.1, 0.15) is 25.0 Å². The Labute approximate surface area is 141 Å². The number of hydrogen-bond donors (Lipinski definition) is 1. The first-order chi connectivity index (χ1) is 11.3. The summed E-state index contributed by atoms with van der Waals surface area (Å²) in [4.78, 5) is 16.4. The lowest BCUT2D eigenvalue weighted by atomic mass is 9.85. The van der Waals surface area contributed by atoms with E-state index in [9.17, 15) is 4.79 Å². The number of nitrogens with one attached hydrogen (secondary N) is 1. The van der Waals surface area contributed by atoms with Crippen LogP contribution in [-0.2, 0) is 10.5 Å². The van der Waals surface area contributed by atoms with Crippen molar-refractivity contribution < 1.29 is 4.79 Å². The molecule has 1 fully saturated rings. The number of anilines is 1. The van der Waals surface area contributed by atoms with E-state index < -0.39 is 0 Å². The van der Waals surface area contributed by atoms with Crippen LogP contribution in [-0.4, -0.2) is 25.5 Å². The average molecular weight is 345 g/mol. The Morgan fingerprint density at radius 3 is 3.09 bits per heavy atom. The van der Waals surface area contributed by atoms with Crippen LogP contribution in [0.25, 0.3) is 5.65 Å². The molecule has 0 spiro atoms. The molecule has 1 amide bonds. The van der Waals surface area contributed by atoms with Crippen LogP contribution in [0.2, 0.25) is 0 Å². The summed E-state index contributed by atoms with van der Waals surface area (Å²) in [5.41, 5.74) is 1.94. The molecule has 0 radical (unpaired) electrons. The van der Waals surface area contributed by atoms with Gasteiger partial charge in [0.05, 0.1) is 5.69 Å². The second kappa shape index (κ2) is 6.29. The summed E-state index contributed by atoms with van der Waals surface area (Å²) in [6.07, 6.45) is 7.12. The van der Waals surface area contributed by atoms with E-state index in [4.69, 9.17) is 0 Å². The van der Waals surface area contributed by atoms with Gasteiger partial charge in [0.25, 0.3) is 0 Å². The first kappa shape index (κ1) is 14.6. The van der Waals surface area contributed by atoms with Crippen LogP contribution >= 0.6 is 23.1 Å². The molecule has 0 unspecified atom stereocenters. The lowest BCUT2D eigenvalue weighted by Crippen LogP contribution is -2.27. The number of carbonyl (C=O) groups excluding carboxylic acids is 1. The molecule has 1 N–H and O–H groups in total. The summed E-state index contributed by atoms with van der Waals surface area (Å²) in [6, 6.07) is 5.93. The number of amides is 1. The minimum atomic E-state index is 0.0734. The van der Waals surface area contributed by atoms with Crippen molar-refractivity contribution in [1.82, 2.24) is 19.6 Å². The molecular formula is C15H15N5OS2. The third kappa shape index (κ3) is 3.23. The molecule has 8 heteroatoms. The third-order valence-electron chi connectivity index (χ3n) is 3.87. The molecule has 0 aliphatic heterocycles. The number of carbonyl (C=O) groups is 1. The van der Waals surface area contributed by atoms with E-state index in [1.165, 1.54) is 11.3 Å². The van der Waals surface area contributed by atoms with Gasteiger partial charge in [0, 0.05) is 24.1 Å². The minimum absolute atomic E-state index is 0.0734. The quantitative estimate of drug-likeness (QED) is 0.568. The normalized spacial score (nSPS) is 14.8. The van der Waals surface area contributed by atoms with E-state index in [1.807, 2.05) is 35.0 Å². The Balaban J connectivity index is 1.36. The molecule has 23 heavy (non-hydrogen) atoms. The average Bonchev–Trinajstić information content (AvgIpc) is 3.09. The zero-order valence-electron chi connectivity index (χ0n) is 12.3. The lowest BCUT2D eigenvalue weighted by molar-refractivity contribution is -0.122. The maximum atomic E-state index is 11.9. The van der Waals surface area contributed by atoms with Crippen molar-refractivity contribution in [2.45, 2.75) is 29.4 Å². The summed E-state index contributed by atoms with van der Waals surface area (Å²) < 4.78 is 2.84. The molecule has 0 aromatic carbocycles. The standard InChI is InChI=1S/C15H15N5OS2/c21-13(10-4-3-5-10)17-14-18-19-15(23-14)22-9-11-8-20-7-2-1-6-12(20)16-11/h1-2,6-8,10H,3-5,9H2,(H,17,18,21). The van der Waals surface area contributed by atoms with Gasteiger partial charge in [-0.2, -0.15) is 0 Å². The highest BCUT2D eigenvalue weighted by molar-refractivity contribution is 8.00. The largest absolute Gasteiger partial charge is 0.307 e. The van der Waals surface area contributed by atoms with Crippen molar-refractivity contribution in [1.29, 1.82) is 0 Å². The predicted octanol–water partition coefficient (Wildman–Crippen LogP) is 3.22. The van der Waals surface area contributed by atoms with Gasteiger partial charge in [-0.3, -0.25) is 4.79 Å². The highest BCUT2D eigenvalue weighted by atomic mass is 32.2. The van der Waals surface area contributed by atoms with E-state index >= 15 is 0 Å². The van der Waals surface area contributed by atoms with Gasteiger partial charge in [-0.25, -0.2) is 4.98 Å². The molecule has 3 aromatic heterocycles. The van der Waals surface area contributed by atoms with Gasteiger partial charge in [0.1, 0.15) is 5.65 Å². The van der Waals surface area contributed by atoms with Crippen molar-refractivity contribution in [3.05, 3.63) is 36.3 Å². The number of pyridine rings is 1. The Morgan fingerprint density at radius 1 is 1.39 bits per heavy atom. The first-order valence-corrected chi connectivity index (χ1v) is 9.28. The maximum Gasteiger partial charge on any atom is 0.229 e. The van der Waals surface area contributed by atoms with Crippen LogP contribution in [0.15, 0.2) is 34.9 Å². The van der Waals surface area contributed by atoms with E-state index in [-0.39, 0.29) is 11.8 Å². The fraction of sp³-hybridized carbons (Fsp3) is 0.333. The molecule has 118 valence electrons. The summed E-state index contributed by atoms with van der Waals surface area (Å²) in [7, 11) is 0. The van der Waals surface area contributed by atoms with E-state index in [0.717, 1.165) is 40.7 Å². The maximum absolute atomic E-state index is 11.9. The summed E-state index contributed by atoms with van der Waals surface area (Å²) in [5, 5.41) is 11.6. The van der Waals surface area contributed by atoms with Gasteiger partial charge in [0.15, 0.2) is 4.34 Å². The zero-order valence-corrected chi connectivity index (χ0v) is 13.9. The number of imidazole rings is 1. The predicted molar refractivity (Wildman–Crippen MR) is 90.6 cm³/mol. The minimum Gasteiger partial charge on any atom is -0.307 e. The topological polar surface area (TPSA) is 72.2 Å². The smallest absolute Gasteiger partial charge is 0.229 e. The number of aromatic nitrogens is 4. The number of nitrogens with zero attached hydrogens (tertiary/aromatic N) is 4. The molecule has 1 saturated carbocycles. The van der Waals surface area contributed by atoms with Crippen LogP contribution in [0.5, 0.6) is 0 Å². The summed E-state index contributed by atoms with van der Waals surface area (Å²) >= 11 is 3.00. The van der Waals surface area contributed by atoms with Crippen molar-refractivity contribution in [2.24, 2.45) is 5.92 Å². The fourth-order valence-corrected chi connectivity index (χ4v) is 4.03. The number of rotatable bonds is 5. The Hall–Kier alpha value is -1.93. The van der Waals surface area contributed by atoms with E-state index in [2.05, 4.69) is 20.5 Å². The molecule has 0 atom stereocenters. The van der Waals surface area contributed by atoms with Crippen LogP contribution in [0.4, 0.5) is 5.13 Å². The molecule has 0 saturated heterocycles. The molecule has 4 rings (SSSR count). The van der Waals surface area contributed by atoms with Crippen molar-refractivity contribution in [2.75, 3.05) is 5.32 Å². The molecule has 1 aliphatic carbocycles. The molecule has 1 aliphatic rings. The van der Waals surface area contributed by atoms with Crippen molar-refractivity contribution in [3.8, 4) is 0 Å². The molecular weight excluding hydrogens is 330 g/mol. The van der Waals surface area contributed by atoms with Crippen LogP contribution in [0, 0.1) is 5.92 Å². The Bertz CT molecular complexity index is 806. The highest BCUT2D eigenvalue weighted by Crippen LogP contribution is 2.31. The van der Waals surface area contributed by atoms with Gasteiger partial charge < -0.3 is 9.72 Å². The van der Waals surface area contributed by atoms with E-state index in [0.29, 0.717) is 5.13 Å². The molecule has 3 aromatic rings. The Kier molecular flexibility index (Phi) is 4.00. The zero-order chi connectivity index (χ0) is 15.6. The molecule has 3 heterocycles.